The molecule has 0 unspecified atom stereocenters. The third kappa shape index (κ3) is 4.81. The number of hydrogen-bond acceptors (Lipinski definition) is 6. The fraction of sp³-hybridized carbons (Fsp3) is 0.375. The maximum Gasteiger partial charge on any atom is 0.251 e. The van der Waals surface area contributed by atoms with Crippen LogP contribution in [0, 0.1) is 0 Å². The molecule has 32 heavy (non-hydrogen) atoms. The molecule has 8 nitrogen and oxygen atoms in total. The topological polar surface area (TPSA) is 88.2 Å². The van der Waals surface area contributed by atoms with Gasteiger partial charge in [-0.05, 0) is 35.9 Å². The molecular formula is C24H27N3O5. The lowest BCUT2D eigenvalue weighted by Gasteiger charge is -2.35. The van der Waals surface area contributed by atoms with Gasteiger partial charge in [-0.3, -0.25) is 24.2 Å². The van der Waals surface area contributed by atoms with Crippen LogP contribution in [0.15, 0.2) is 48.5 Å². The lowest BCUT2D eigenvalue weighted by Crippen LogP contribution is -2.43. The van der Waals surface area contributed by atoms with Crippen LogP contribution in [-0.4, -0.2) is 62.6 Å². The van der Waals surface area contributed by atoms with Crippen molar-refractivity contribution in [2.75, 3.05) is 44.9 Å². The van der Waals surface area contributed by atoms with Crippen LogP contribution >= 0.6 is 0 Å². The van der Waals surface area contributed by atoms with Crippen LogP contribution in [0.4, 0.5) is 5.69 Å². The molecule has 0 radical (unpaired) electrons. The summed E-state index contributed by atoms with van der Waals surface area (Å²) in [7, 11) is 1.63. The number of amides is 3. The highest BCUT2D eigenvalue weighted by Gasteiger charge is 2.30. The van der Waals surface area contributed by atoms with Crippen LogP contribution in [0.3, 0.4) is 0 Å². The second kappa shape index (κ2) is 9.93. The Morgan fingerprint density at radius 1 is 1.06 bits per heavy atom. The minimum atomic E-state index is -0.252. The van der Waals surface area contributed by atoms with Gasteiger partial charge in [-0.25, -0.2) is 0 Å². The highest BCUT2D eigenvalue weighted by Crippen LogP contribution is 2.25. The molecule has 2 aliphatic rings. The molecule has 1 atom stereocenters. The summed E-state index contributed by atoms with van der Waals surface area (Å²) >= 11 is 0. The van der Waals surface area contributed by atoms with E-state index in [-0.39, 0.29) is 36.6 Å². The van der Waals surface area contributed by atoms with Crippen molar-refractivity contribution in [3.05, 3.63) is 59.7 Å². The van der Waals surface area contributed by atoms with Crippen molar-refractivity contribution < 1.29 is 23.9 Å². The maximum absolute atomic E-state index is 12.9. The molecule has 2 aromatic carbocycles. The summed E-state index contributed by atoms with van der Waals surface area (Å²) in [5.74, 6) is 0.0536. The second-order valence-corrected chi connectivity index (χ2v) is 7.82. The SMILES string of the molecule is COc1ccc([C@@H](CNC(=O)c2cccc(N3C(=O)CCC3=O)c2)N2CCOCC2)cc1. The zero-order chi connectivity index (χ0) is 22.5. The molecule has 0 saturated carbocycles. The van der Waals surface area contributed by atoms with Gasteiger partial charge in [0.1, 0.15) is 5.75 Å². The molecule has 0 aromatic heterocycles. The van der Waals surface area contributed by atoms with E-state index in [1.54, 1.807) is 31.4 Å². The number of anilines is 1. The van der Waals surface area contributed by atoms with Crippen LogP contribution in [-0.2, 0) is 14.3 Å². The van der Waals surface area contributed by atoms with E-state index < -0.39 is 0 Å². The molecule has 3 amide bonds. The first-order valence-electron chi connectivity index (χ1n) is 10.8. The monoisotopic (exact) mass is 437 g/mol. The smallest absolute Gasteiger partial charge is 0.251 e. The van der Waals surface area contributed by atoms with E-state index in [1.807, 2.05) is 24.3 Å². The van der Waals surface area contributed by atoms with E-state index in [0.29, 0.717) is 31.0 Å². The van der Waals surface area contributed by atoms with E-state index in [4.69, 9.17) is 9.47 Å². The molecule has 4 rings (SSSR count). The normalized spacial score (nSPS) is 18.0. The van der Waals surface area contributed by atoms with Crippen molar-refractivity contribution >= 4 is 23.4 Å². The Morgan fingerprint density at radius 2 is 1.75 bits per heavy atom. The summed E-state index contributed by atoms with van der Waals surface area (Å²) in [5.41, 5.74) is 1.92. The van der Waals surface area contributed by atoms with Gasteiger partial charge in [0.25, 0.3) is 5.91 Å². The molecule has 8 heteroatoms. The third-order valence-electron chi connectivity index (χ3n) is 5.86. The Bertz CT molecular complexity index is 969. The molecule has 2 aliphatic heterocycles. The minimum absolute atomic E-state index is 0.0151. The van der Waals surface area contributed by atoms with Crippen molar-refractivity contribution in [1.29, 1.82) is 0 Å². The number of hydrogen-bond donors (Lipinski definition) is 1. The summed E-state index contributed by atoms with van der Waals surface area (Å²) in [6, 6.07) is 14.5. The average Bonchev–Trinajstić information content (AvgIpc) is 3.18. The molecule has 168 valence electrons. The van der Waals surface area contributed by atoms with Crippen LogP contribution in [0.25, 0.3) is 0 Å². The van der Waals surface area contributed by atoms with E-state index in [1.165, 1.54) is 0 Å². The Labute approximate surface area is 187 Å². The molecule has 1 N–H and O–H groups in total. The second-order valence-electron chi connectivity index (χ2n) is 7.82. The van der Waals surface area contributed by atoms with Crippen LogP contribution in [0.2, 0.25) is 0 Å². The maximum atomic E-state index is 12.9. The molecule has 2 aromatic rings. The molecule has 0 spiro atoms. The highest BCUT2D eigenvalue weighted by atomic mass is 16.5. The van der Waals surface area contributed by atoms with Gasteiger partial charge < -0.3 is 14.8 Å². The largest absolute Gasteiger partial charge is 0.497 e. The van der Waals surface area contributed by atoms with Gasteiger partial charge in [-0.15, -0.1) is 0 Å². The number of rotatable bonds is 7. The molecule has 0 bridgehead atoms. The van der Waals surface area contributed by atoms with Crippen LogP contribution in [0.5, 0.6) is 5.75 Å². The fourth-order valence-corrected chi connectivity index (χ4v) is 4.12. The summed E-state index contributed by atoms with van der Waals surface area (Å²) in [4.78, 5) is 40.5. The third-order valence-corrected chi connectivity index (χ3v) is 5.86. The fourth-order valence-electron chi connectivity index (χ4n) is 4.12. The predicted molar refractivity (Wildman–Crippen MR) is 119 cm³/mol. The Hall–Kier alpha value is -3.23. The van der Waals surface area contributed by atoms with Gasteiger partial charge in [0, 0.05) is 38.0 Å². The molecule has 2 fully saturated rings. The predicted octanol–water partition coefficient (Wildman–Crippen LogP) is 2.15. The summed E-state index contributed by atoms with van der Waals surface area (Å²) in [5, 5.41) is 3.02. The summed E-state index contributed by atoms with van der Waals surface area (Å²) < 4.78 is 10.8. The molecule has 0 aliphatic carbocycles. The lowest BCUT2D eigenvalue weighted by atomic mass is 10.0. The number of carbonyl (C=O) groups is 3. The highest BCUT2D eigenvalue weighted by molar-refractivity contribution is 6.20. The number of ether oxygens (including phenoxy) is 2. The van der Waals surface area contributed by atoms with Gasteiger partial charge in [0.05, 0.1) is 32.1 Å². The van der Waals surface area contributed by atoms with Gasteiger partial charge in [-0.2, -0.15) is 0 Å². The molecule has 2 saturated heterocycles. The zero-order valence-corrected chi connectivity index (χ0v) is 18.1. The summed E-state index contributed by atoms with van der Waals surface area (Å²) in [6.45, 7) is 3.28. The van der Waals surface area contributed by atoms with Crippen LogP contribution < -0.4 is 15.0 Å². The number of nitrogens with zero attached hydrogens (tertiary/aromatic N) is 2. The number of morpholine rings is 1. The van der Waals surface area contributed by atoms with E-state index in [9.17, 15) is 14.4 Å². The first-order chi connectivity index (χ1) is 15.6. The Balaban J connectivity index is 1.49. The Kier molecular flexibility index (Phi) is 6.82. The standard InChI is InChI=1S/C24H27N3O5/c1-31-20-7-5-17(6-8-20)21(26-11-13-32-14-12-26)16-25-24(30)18-3-2-4-19(15-18)27-22(28)9-10-23(27)29/h2-8,15,21H,9-14,16H2,1H3,(H,25,30)/t21-/m1/s1. The quantitative estimate of drug-likeness (QED) is 0.668. The van der Waals surface area contributed by atoms with E-state index >= 15 is 0 Å². The van der Waals surface area contributed by atoms with Gasteiger partial charge >= 0.3 is 0 Å². The minimum Gasteiger partial charge on any atom is -0.497 e. The van der Waals surface area contributed by atoms with Crippen molar-refractivity contribution in [3.8, 4) is 5.75 Å². The number of methoxy groups -OCH3 is 1. The van der Waals surface area contributed by atoms with E-state index in [2.05, 4.69) is 10.2 Å². The van der Waals surface area contributed by atoms with Gasteiger partial charge in [0.2, 0.25) is 11.8 Å². The number of nitrogens with one attached hydrogen (secondary N) is 1. The number of imide groups is 1. The first kappa shape index (κ1) is 22.0. The summed E-state index contributed by atoms with van der Waals surface area (Å²) in [6.07, 6.45) is 0.413. The van der Waals surface area contributed by atoms with Crippen molar-refractivity contribution in [3.63, 3.8) is 0 Å². The molecule has 2 heterocycles. The van der Waals surface area contributed by atoms with Crippen LogP contribution in [0.1, 0.15) is 34.8 Å². The number of benzene rings is 2. The Morgan fingerprint density at radius 3 is 2.41 bits per heavy atom. The lowest BCUT2D eigenvalue weighted by molar-refractivity contribution is -0.121. The van der Waals surface area contributed by atoms with Crippen molar-refractivity contribution in [2.24, 2.45) is 0 Å². The van der Waals surface area contributed by atoms with Gasteiger partial charge in [-0.1, -0.05) is 18.2 Å². The van der Waals surface area contributed by atoms with Crippen molar-refractivity contribution in [1.82, 2.24) is 10.2 Å². The van der Waals surface area contributed by atoms with Gasteiger partial charge in [0.15, 0.2) is 0 Å². The average molecular weight is 437 g/mol. The zero-order valence-electron chi connectivity index (χ0n) is 18.1. The first-order valence-corrected chi connectivity index (χ1v) is 10.8. The number of carbonyl (C=O) groups excluding carboxylic acids is 3. The molecular weight excluding hydrogens is 410 g/mol. The van der Waals surface area contributed by atoms with Crippen molar-refractivity contribution in [2.45, 2.75) is 18.9 Å². The van der Waals surface area contributed by atoms with E-state index in [0.717, 1.165) is 29.3 Å².